The van der Waals surface area contributed by atoms with Crippen LogP contribution in [0.1, 0.15) is 23.9 Å². The summed E-state index contributed by atoms with van der Waals surface area (Å²) in [5.74, 6) is 0. The first-order valence-corrected chi connectivity index (χ1v) is 6.49. The van der Waals surface area contributed by atoms with E-state index in [0.717, 1.165) is 28.4 Å². The number of aryl methyl sites for hydroxylation is 2. The largest absolute Gasteiger partial charge is 0.326 e. The SMILES string of the molecule is CCn1nc(C)c(-c2ccc(Cl)c(CN)c2)c1C. The van der Waals surface area contributed by atoms with Crippen molar-refractivity contribution in [2.45, 2.75) is 33.9 Å². The van der Waals surface area contributed by atoms with Gasteiger partial charge in [-0.1, -0.05) is 17.7 Å². The molecule has 0 aliphatic rings. The van der Waals surface area contributed by atoms with Crippen molar-refractivity contribution in [2.75, 3.05) is 0 Å². The molecule has 0 spiro atoms. The predicted octanol–water partition coefficient (Wildman–Crippen LogP) is 3.30. The quantitative estimate of drug-likeness (QED) is 0.923. The third-order valence-corrected chi connectivity index (χ3v) is 3.60. The van der Waals surface area contributed by atoms with Crippen LogP contribution in [0.4, 0.5) is 0 Å². The van der Waals surface area contributed by atoms with Crippen LogP contribution in [0.2, 0.25) is 5.02 Å². The van der Waals surface area contributed by atoms with Crippen LogP contribution in [0.3, 0.4) is 0 Å². The topological polar surface area (TPSA) is 43.8 Å². The second kappa shape index (κ2) is 5.12. The molecule has 2 rings (SSSR count). The predicted molar refractivity (Wildman–Crippen MR) is 75.7 cm³/mol. The van der Waals surface area contributed by atoms with Crippen molar-refractivity contribution in [3.63, 3.8) is 0 Å². The van der Waals surface area contributed by atoms with Gasteiger partial charge in [0, 0.05) is 29.4 Å². The van der Waals surface area contributed by atoms with Gasteiger partial charge in [-0.2, -0.15) is 5.10 Å². The molecule has 0 saturated carbocycles. The average Bonchev–Trinajstić information content (AvgIpc) is 2.65. The Labute approximate surface area is 113 Å². The van der Waals surface area contributed by atoms with Crippen molar-refractivity contribution in [1.29, 1.82) is 0 Å². The van der Waals surface area contributed by atoms with Crippen LogP contribution >= 0.6 is 11.6 Å². The van der Waals surface area contributed by atoms with Gasteiger partial charge >= 0.3 is 0 Å². The van der Waals surface area contributed by atoms with E-state index in [9.17, 15) is 0 Å². The molecule has 2 aromatic rings. The maximum absolute atomic E-state index is 6.10. The molecule has 0 aliphatic heterocycles. The van der Waals surface area contributed by atoms with E-state index in [1.165, 1.54) is 11.3 Å². The highest BCUT2D eigenvalue weighted by Crippen LogP contribution is 2.29. The average molecular weight is 264 g/mol. The minimum Gasteiger partial charge on any atom is -0.326 e. The van der Waals surface area contributed by atoms with Crippen LogP contribution in [0, 0.1) is 13.8 Å². The van der Waals surface area contributed by atoms with Gasteiger partial charge in [-0.3, -0.25) is 4.68 Å². The molecule has 4 heteroatoms. The Morgan fingerprint density at radius 2 is 2.06 bits per heavy atom. The maximum Gasteiger partial charge on any atom is 0.0674 e. The fourth-order valence-electron chi connectivity index (χ4n) is 2.31. The summed E-state index contributed by atoms with van der Waals surface area (Å²) in [7, 11) is 0. The van der Waals surface area contributed by atoms with Crippen LogP contribution < -0.4 is 5.73 Å². The highest BCUT2D eigenvalue weighted by atomic mass is 35.5. The summed E-state index contributed by atoms with van der Waals surface area (Å²) in [6.45, 7) is 7.55. The Morgan fingerprint density at radius 3 is 2.61 bits per heavy atom. The minimum absolute atomic E-state index is 0.451. The zero-order valence-electron chi connectivity index (χ0n) is 11.0. The summed E-state index contributed by atoms with van der Waals surface area (Å²) in [5, 5.41) is 5.26. The zero-order valence-corrected chi connectivity index (χ0v) is 11.8. The van der Waals surface area contributed by atoms with Crippen LogP contribution in [0.25, 0.3) is 11.1 Å². The third kappa shape index (κ3) is 2.16. The number of rotatable bonds is 3. The lowest BCUT2D eigenvalue weighted by Crippen LogP contribution is -1.99. The molecule has 0 amide bonds. The van der Waals surface area contributed by atoms with Crippen LogP contribution in [0.5, 0.6) is 0 Å². The molecule has 1 aromatic heterocycles. The molecular formula is C14H18ClN3. The molecule has 1 aromatic carbocycles. The summed E-state index contributed by atoms with van der Waals surface area (Å²) >= 11 is 6.10. The monoisotopic (exact) mass is 263 g/mol. The fourth-order valence-corrected chi connectivity index (χ4v) is 2.50. The van der Waals surface area contributed by atoms with Gasteiger partial charge in [0.15, 0.2) is 0 Å². The van der Waals surface area contributed by atoms with E-state index in [2.05, 4.69) is 25.0 Å². The fraction of sp³-hybridized carbons (Fsp3) is 0.357. The second-order valence-corrected chi connectivity index (χ2v) is 4.78. The number of nitrogens with zero attached hydrogens (tertiary/aromatic N) is 2. The van der Waals surface area contributed by atoms with Gasteiger partial charge in [-0.15, -0.1) is 0 Å². The van der Waals surface area contributed by atoms with E-state index < -0.39 is 0 Å². The first-order valence-electron chi connectivity index (χ1n) is 6.11. The van der Waals surface area contributed by atoms with Crippen LogP contribution in [0.15, 0.2) is 18.2 Å². The molecular weight excluding hydrogens is 246 g/mol. The smallest absolute Gasteiger partial charge is 0.0674 e. The van der Waals surface area contributed by atoms with E-state index in [4.69, 9.17) is 17.3 Å². The van der Waals surface area contributed by atoms with Crippen LogP contribution in [-0.2, 0) is 13.1 Å². The first-order chi connectivity index (χ1) is 8.58. The molecule has 0 radical (unpaired) electrons. The normalized spacial score (nSPS) is 10.9. The number of nitrogens with two attached hydrogens (primary N) is 1. The Hall–Kier alpha value is -1.32. The summed E-state index contributed by atoms with van der Waals surface area (Å²) in [4.78, 5) is 0. The zero-order chi connectivity index (χ0) is 13.3. The maximum atomic E-state index is 6.10. The first kappa shape index (κ1) is 13.1. The molecule has 18 heavy (non-hydrogen) atoms. The van der Waals surface area contributed by atoms with E-state index in [0.29, 0.717) is 6.54 Å². The molecule has 1 heterocycles. The van der Waals surface area contributed by atoms with Gasteiger partial charge < -0.3 is 5.73 Å². The summed E-state index contributed by atoms with van der Waals surface area (Å²) in [6.07, 6.45) is 0. The highest BCUT2D eigenvalue weighted by Gasteiger charge is 2.13. The van der Waals surface area contributed by atoms with E-state index in [1.807, 2.05) is 23.7 Å². The number of hydrogen-bond acceptors (Lipinski definition) is 2. The molecule has 0 aliphatic carbocycles. The van der Waals surface area contributed by atoms with Crippen molar-refractivity contribution in [1.82, 2.24) is 9.78 Å². The molecule has 0 saturated heterocycles. The standard InChI is InChI=1S/C14H18ClN3/c1-4-18-10(3)14(9(2)17-18)11-5-6-13(15)12(7-11)8-16/h5-7H,4,8,16H2,1-3H3. The lowest BCUT2D eigenvalue weighted by molar-refractivity contribution is 0.634. The Morgan fingerprint density at radius 1 is 1.33 bits per heavy atom. The summed E-state index contributed by atoms with van der Waals surface area (Å²) in [6, 6.07) is 5.99. The van der Waals surface area contributed by atoms with Crippen LogP contribution in [-0.4, -0.2) is 9.78 Å². The molecule has 0 bridgehead atoms. The molecule has 0 atom stereocenters. The second-order valence-electron chi connectivity index (χ2n) is 4.37. The molecule has 3 nitrogen and oxygen atoms in total. The van der Waals surface area contributed by atoms with Gasteiger partial charge in [-0.05, 0) is 44.0 Å². The third-order valence-electron chi connectivity index (χ3n) is 3.24. The lowest BCUT2D eigenvalue weighted by Gasteiger charge is -2.07. The molecule has 96 valence electrons. The number of aromatic nitrogens is 2. The summed E-state index contributed by atoms with van der Waals surface area (Å²) < 4.78 is 2.02. The van der Waals surface area contributed by atoms with Crippen molar-refractivity contribution in [3.8, 4) is 11.1 Å². The molecule has 0 fully saturated rings. The highest BCUT2D eigenvalue weighted by molar-refractivity contribution is 6.31. The molecule has 2 N–H and O–H groups in total. The number of benzene rings is 1. The van der Waals surface area contributed by atoms with Crippen molar-refractivity contribution in [2.24, 2.45) is 5.73 Å². The Kier molecular flexibility index (Phi) is 3.73. The lowest BCUT2D eigenvalue weighted by atomic mass is 10.0. The molecule has 0 unspecified atom stereocenters. The summed E-state index contributed by atoms with van der Waals surface area (Å²) in [5.41, 5.74) is 11.2. The Bertz CT molecular complexity index is 573. The Balaban J connectivity index is 2.58. The number of halogens is 1. The van der Waals surface area contributed by atoms with Gasteiger partial charge in [0.1, 0.15) is 0 Å². The van der Waals surface area contributed by atoms with Gasteiger partial charge in [-0.25, -0.2) is 0 Å². The van der Waals surface area contributed by atoms with E-state index in [-0.39, 0.29) is 0 Å². The van der Waals surface area contributed by atoms with Crippen molar-refractivity contribution < 1.29 is 0 Å². The minimum atomic E-state index is 0.451. The van der Waals surface area contributed by atoms with Gasteiger partial charge in [0.25, 0.3) is 0 Å². The van der Waals surface area contributed by atoms with E-state index in [1.54, 1.807) is 0 Å². The van der Waals surface area contributed by atoms with E-state index >= 15 is 0 Å². The number of hydrogen-bond donors (Lipinski definition) is 1. The van der Waals surface area contributed by atoms with Gasteiger partial charge in [0.05, 0.1) is 5.69 Å². The van der Waals surface area contributed by atoms with Crippen molar-refractivity contribution >= 4 is 11.6 Å². The van der Waals surface area contributed by atoms with Gasteiger partial charge in [0.2, 0.25) is 0 Å². The van der Waals surface area contributed by atoms with Crippen molar-refractivity contribution in [3.05, 3.63) is 40.2 Å².